The highest BCUT2D eigenvalue weighted by atomic mass is 19.4. The predicted octanol–water partition coefficient (Wildman–Crippen LogP) is 8.77. The first kappa shape index (κ1) is 102. The molecule has 36 heteroatoms. The van der Waals surface area contributed by atoms with Gasteiger partial charge in [-0.15, -0.1) is 0 Å². The number of carbonyl (C=O) groups is 11. The zero-order valence-electron chi connectivity index (χ0n) is 77.9. The van der Waals surface area contributed by atoms with Crippen molar-refractivity contribution < 1.29 is 99.1 Å². The summed E-state index contributed by atoms with van der Waals surface area (Å²) in [6.45, 7) is 6.92. The van der Waals surface area contributed by atoms with Gasteiger partial charge in [-0.1, -0.05) is 6.07 Å². The van der Waals surface area contributed by atoms with Crippen molar-refractivity contribution in [3.63, 3.8) is 0 Å². The van der Waals surface area contributed by atoms with E-state index < -0.39 is 41.4 Å². The third kappa shape index (κ3) is 30.9. The number of aromatic nitrogens is 3. The molecule has 7 saturated carbocycles. The standard InChI is InChI=1S/C96H144F3N15O18/c1-61(2)111(3)70-27-41-82(114-47-42-80(94(114)124)109-90-77-54-66(96(97,98)99)20-40-79(77)104-60-105-90)81(55-70)110-91(121)62-14-21-67(22-15-62)106-83(115)11-7-48-127-71-28-34-74(35-29-71)130-51-44-101-86(118)58-113(59-87(119)102-45-52-131-75-36-30-72(31-37-75)128-50-9-13-85(117)108-69-25-18-64(19-26-69)95(125)126-5)93(123)63-16-23-68(24-17-63)107-84(116)12-8-49-129-73-32-38-76(39-33-73)132-53-46-103-92(122)78-56-88(120)112(4)89(78)65-10-6-43-100-57-65/h6,10,20,40,43,54,57,60-64,67-76,78,80-82,89H,7-9,11-19,21-39,41-42,44-53,55-56,58-59H2,1-5H3,(H,101,118)(H,102,119)(H,103,122)(H,106,115)(H,107,116)(H,108,117)(H,110,121)(H,104,105,109)/t62?,63?,64?,67?,68?,69?,70-,71?,72?,73?,74?,75?,76?,78+,80+,81-,82+,89-/m1/s1. The van der Waals surface area contributed by atoms with Crippen LogP contribution < -0.4 is 42.5 Å². The van der Waals surface area contributed by atoms with E-state index in [9.17, 15) is 65.9 Å². The van der Waals surface area contributed by atoms with Gasteiger partial charge in [-0.25, -0.2) is 9.97 Å². The first-order valence-electron chi connectivity index (χ1n) is 49.0. The Morgan fingerprint density at radius 1 is 0.538 bits per heavy atom. The van der Waals surface area contributed by atoms with Gasteiger partial charge in [0.05, 0.1) is 105 Å². The number of hydrogen-bond donors (Lipinski definition) is 8. The summed E-state index contributed by atoms with van der Waals surface area (Å²) in [5, 5.41) is 24.9. The second kappa shape index (κ2) is 51.2. The zero-order valence-corrected chi connectivity index (χ0v) is 77.9. The lowest BCUT2D eigenvalue weighted by Crippen LogP contribution is -2.59. The van der Waals surface area contributed by atoms with Gasteiger partial charge in [0.25, 0.3) is 0 Å². The summed E-state index contributed by atoms with van der Waals surface area (Å²) in [5.41, 5.74) is 0.305. The van der Waals surface area contributed by atoms with Gasteiger partial charge in [-0.3, -0.25) is 57.7 Å². The number of hydrogen-bond acceptors (Lipinski definition) is 23. The van der Waals surface area contributed by atoms with Gasteiger partial charge >= 0.3 is 12.1 Å². The van der Waals surface area contributed by atoms with E-state index in [1.54, 1.807) is 30.4 Å². The lowest BCUT2D eigenvalue weighted by atomic mass is 9.82. The highest BCUT2D eigenvalue weighted by Gasteiger charge is 2.47. The fourth-order valence-electron chi connectivity index (χ4n) is 20.9. The van der Waals surface area contributed by atoms with Crippen LogP contribution in [0.3, 0.4) is 0 Å². The van der Waals surface area contributed by atoms with Gasteiger partial charge < -0.3 is 95.3 Å². The molecule has 4 heterocycles. The number of ether oxygens (including phenoxy) is 7. The van der Waals surface area contributed by atoms with Crippen LogP contribution in [0.25, 0.3) is 10.9 Å². The highest BCUT2D eigenvalue weighted by Crippen LogP contribution is 2.40. The molecule has 3 aromatic rings. The van der Waals surface area contributed by atoms with Gasteiger partial charge in [0.2, 0.25) is 59.1 Å². The molecule has 0 spiro atoms. The molecule has 0 unspecified atom stereocenters. The van der Waals surface area contributed by atoms with Crippen LogP contribution >= 0.6 is 0 Å². The maximum absolute atomic E-state index is 14.4. The Labute approximate surface area is 774 Å². The van der Waals surface area contributed by atoms with Crippen molar-refractivity contribution in [1.82, 2.24) is 71.8 Å². The van der Waals surface area contributed by atoms with E-state index in [0.29, 0.717) is 161 Å². The average Bonchev–Trinajstić information content (AvgIpc) is 1.74. The number of esters is 1. The number of nitrogens with one attached hydrogen (secondary N) is 8. The van der Waals surface area contributed by atoms with E-state index in [4.69, 9.17) is 33.2 Å². The van der Waals surface area contributed by atoms with E-state index in [0.717, 1.165) is 114 Å². The van der Waals surface area contributed by atoms with Crippen LogP contribution in [0.4, 0.5) is 19.0 Å². The summed E-state index contributed by atoms with van der Waals surface area (Å²) in [4.78, 5) is 167. The molecule has 732 valence electrons. The van der Waals surface area contributed by atoms with Gasteiger partial charge in [-0.2, -0.15) is 13.2 Å². The molecule has 9 fully saturated rings. The number of pyridine rings is 1. The van der Waals surface area contributed by atoms with Crippen molar-refractivity contribution in [3.05, 3.63) is 60.2 Å². The van der Waals surface area contributed by atoms with Crippen molar-refractivity contribution in [3.8, 4) is 0 Å². The number of anilines is 1. The Morgan fingerprint density at radius 2 is 1.02 bits per heavy atom. The molecule has 33 nitrogen and oxygen atoms in total. The predicted molar refractivity (Wildman–Crippen MR) is 483 cm³/mol. The summed E-state index contributed by atoms with van der Waals surface area (Å²) >= 11 is 0. The number of alkyl halides is 3. The van der Waals surface area contributed by atoms with Gasteiger partial charge in [0.1, 0.15) is 31.3 Å². The molecule has 2 aromatic heterocycles. The molecule has 8 N–H and O–H groups in total. The molecular weight excluding hydrogens is 1710 g/mol. The van der Waals surface area contributed by atoms with Crippen LogP contribution in [0.2, 0.25) is 0 Å². The fourth-order valence-corrected chi connectivity index (χ4v) is 20.9. The number of rotatable bonds is 45. The minimum Gasteiger partial charge on any atom is -0.469 e. The largest absolute Gasteiger partial charge is 0.469 e. The van der Waals surface area contributed by atoms with E-state index >= 15 is 0 Å². The third-order valence-electron chi connectivity index (χ3n) is 28.8. The fraction of sp³-hybridized carbons (Fsp3) is 0.750. The second-order valence-electron chi connectivity index (χ2n) is 38.2. The van der Waals surface area contributed by atoms with Gasteiger partial charge in [-0.05, 0) is 250 Å². The molecule has 12 rings (SSSR count). The summed E-state index contributed by atoms with van der Waals surface area (Å²) in [6, 6.07) is 5.56. The Balaban J connectivity index is 0.514. The Bertz CT molecular complexity index is 4230. The Hall–Kier alpha value is -8.81. The quantitative estimate of drug-likeness (QED) is 0.0193. The van der Waals surface area contributed by atoms with Crippen LogP contribution in [0.1, 0.15) is 256 Å². The number of nitrogens with zero attached hydrogens (tertiary/aromatic N) is 7. The molecule has 2 aliphatic heterocycles. The van der Waals surface area contributed by atoms with Crippen molar-refractivity contribution in [2.75, 3.05) is 105 Å². The highest BCUT2D eigenvalue weighted by molar-refractivity contribution is 5.94. The van der Waals surface area contributed by atoms with E-state index in [2.05, 4.69) is 83.3 Å². The number of halogens is 3. The van der Waals surface area contributed by atoms with Crippen LogP contribution in [-0.2, 0) is 92.1 Å². The molecule has 2 saturated heterocycles. The molecule has 7 aliphatic carbocycles. The monoisotopic (exact) mass is 1850 g/mol. The van der Waals surface area contributed by atoms with Crippen molar-refractivity contribution >= 4 is 81.8 Å². The number of amides is 10. The summed E-state index contributed by atoms with van der Waals surface area (Å²) in [5.74, 6) is -3.20. The minimum atomic E-state index is -4.57. The van der Waals surface area contributed by atoms with Crippen LogP contribution in [0, 0.1) is 23.7 Å². The SMILES string of the molecule is COC(=O)C1CCC(NC(=O)CCCOC2CCC(OCCNC(=O)CN(CC(=O)NCCOC3CCC(OCCCC(=O)NC4CCC(C(=O)N[C@@H]5C[C@H](N(C)C(C)C)CC[C@@H]5N5CC[C@H](Nc6ncnc7ccc(C(F)(F)F)cc67)C5=O)CC4)CC3)C(=O)C3CCC(NC(=O)CCCOC4CCC(OCCNC(=O)[C@H]5CC(=O)N(C)[C@@H]5c5cccnc5)CC4)CC3)CC2)CC1. The zero-order chi connectivity index (χ0) is 93.6. The van der Waals surface area contributed by atoms with Crippen LogP contribution in [-0.4, -0.2) is 285 Å². The maximum Gasteiger partial charge on any atom is 0.416 e. The maximum atomic E-state index is 14.4. The normalized spacial score (nSPS) is 27.7. The van der Waals surface area contributed by atoms with E-state index in [-0.39, 0.29) is 213 Å². The molecule has 6 atom stereocenters. The molecule has 9 aliphatic rings. The first-order valence-corrected chi connectivity index (χ1v) is 49.0. The van der Waals surface area contributed by atoms with Crippen molar-refractivity contribution in [2.45, 2.75) is 336 Å². The number of likely N-dealkylation sites (tertiary alicyclic amines) is 2. The second-order valence-corrected chi connectivity index (χ2v) is 38.2. The van der Waals surface area contributed by atoms with Gasteiger partial charge in [0, 0.05) is 139 Å². The third-order valence-corrected chi connectivity index (χ3v) is 28.8. The molecule has 0 radical (unpaired) electrons. The molecular formula is C96H144F3N15O18. The van der Waals surface area contributed by atoms with E-state index in [1.165, 1.54) is 24.4 Å². The average molecular weight is 1850 g/mol. The Morgan fingerprint density at radius 3 is 1.48 bits per heavy atom. The number of benzene rings is 1. The summed E-state index contributed by atoms with van der Waals surface area (Å²) in [7, 11) is 5.20. The topological polar surface area (TPSA) is 400 Å². The minimum absolute atomic E-state index is 0.00821. The summed E-state index contributed by atoms with van der Waals surface area (Å²) in [6.07, 6.45) is 22.5. The molecule has 132 heavy (non-hydrogen) atoms. The number of fused-ring (bicyclic) bond motifs is 1. The molecule has 10 amide bonds. The van der Waals surface area contributed by atoms with Crippen molar-refractivity contribution in [1.29, 1.82) is 0 Å². The smallest absolute Gasteiger partial charge is 0.416 e. The molecule has 1 aromatic carbocycles. The lowest BCUT2D eigenvalue weighted by molar-refractivity contribution is -0.146. The van der Waals surface area contributed by atoms with Crippen LogP contribution in [0.15, 0.2) is 49.1 Å². The van der Waals surface area contributed by atoms with E-state index in [1.807, 2.05) is 11.0 Å². The van der Waals surface area contributed by atoms with Gasteiger partial charge in [0.15, 0.2) is 0 Å². The summed E-state index contributed by atoms with van der Waals surface area (Å²) < 4.78 is 83.3. The molecule has 0 bridgehead atoms. The first-order chi connectivity index (χ1) is 63.7. The van der Waals surface area contributed by atoms with Crippen molar-refractivity contribution in [2.24, 2.45) is 23.7 Å². The number of carbonyl (C=O) groups excluding carboxylic acids is 11. The van der Waals surface area contributed by atoms with Crippen LogP contribution in [0.5, 0.6) is 0 Å². The number of methoxy groups -OCH3 is 1. The Kier molecular flexibility index (Phi) is 39.6. The lowest BCUT2D eigenvalue weighted by Gasteiger charge is -2.45.